The van der Waals surface area contributed by atoms with Crippen LogP contribution in [0.3, 0.4) is 0 Å². The van der Waals surface area contributed by atoms with Gasteiger partial charge in [-0.25, -0.2) is 0 Å². The molecule has 1 heterocycles. The number of rotatable bonds is 5. The summed E-state index contributed by atoms with van der Waals surface area (Å²) in [4.78, 5) is 26.7. The Labute approximate surface area is 186 Å². The van der Waals surface area contributed by atoms with Crippen molar-refractivity contribution in [1.29, 1.82) is 0 Å². The van der Waals surface area contributed by atoms with Gasteiger partial charge in [-0.2, -0.15) is 0 Å². The number of thiocarbonyl (C=S) groups is 1. The number of hydrogen-bond donors (Lipinski definition) is 1. The van der Waals surface area contributed by atoms with E-state index >= 15 is 0 Å². The second-order valence-electron chi connectivity index (χ2n) is 5.78. The van der Waals surface area contributed by atoms with Crippen molar-refractivity contribution in [2.75, 3.05) is 11.9 Å². The average Bonchev–Trinajstić information content (AvgIpc) is 2.91. The van der Waals surface area contributed by atoms with E-state index in [9.17, 15) is 9.59 Å². The van der Waals surface area contributed by atoms with Gasteiger partial charge < -0.3 is 5.32 Å². The molecular formula is C19H13Cl3N2O2S2. The average molecular weight is 472 g/mol. The molecule has 0 radical (unpaired) electrons. The molecule has 2 aromatic rings. The molecule has 0 aliphatic carbocycles. The van der Waals surface area contributed by atoms with E-state index in [1.165, 1.54) is 16.7 Å². The Hall–Kier alpha value is -1.57. The molecule has 1 N–H and O–H groups in total. The highest BCUT2D eigenvalue weighted by atomic mass is 35.5. The molecule has 0 saturated carbocycles. The van der Waals surface area contributed by atoms with Crippen LogP contribution in [0.4, 0.5) is 5.69 Å². The monoisotopic (exact) mass is 470 g/mol. The summed E-state index contributed by atoms with van der Waals surface area (Å²) in [7, 11) is 0. The Morgan fingerprint density at radius 3 is 2.57 bits per heavy atom. The van der Waals surface area contributed by atoms with E-state index in [4.69, 9.17) is 47.0 Å². The molecule has 0 atom stereocenters. The summed E-state index contributed by atoms with van der Waals surface area (Å²) in [5, 5.41) is 4.02. The smallest absolute Gasteiger partial charge is 0.266 e. The van der Waals surface area contributed by atoms with Crippen LogP contribution in [-0.4, -0.2) is 27.6 Å². The number of anilines is 1. The van der Waals surface area contributed by atoms with Crippen LogP contribution in [0.2, 0.25) is 15.1 Å². The Balaban J connectivity index is 1.62. The summed E-state index contributed by atoms with van der Waals surface area (Å²) in [5.74, 6) is -0.500. The van der Waals surface area contributed by atoms with Crippen LogP contribution in [0, 0.1) is 0 Å². The second-order valence-corrected chi connectivity index (χ2v) is 8.68. The molecule has 0 aromatic heterocycles. The van der Waals surface area contributed by atoms with Crippen molar-refractivity contribution in [3.63, 3.8) is 0 Å². The summed E-state index contributed by atoms with van der Waals surface area (Å²) < 4.78 is 0.408. The van der Waals surface area contributed by atoms with Crippen LogP contribution < -0.4 is 5.32 Å². The third kappa shape index (κ3) is 5.07. The van der Waals surface area contributed by atoms with Crippen molar-refractivity contribution in [2.45, 2.75) is 6.42 Å². The van der Waals surface area contributed by atoms with E-state index in [1.807, 2.05) is 18.2 Å². The summed E-state index contributed by atoms with van der Waals surface area (Å²) in [5.41, 5.74) is 1.27. The van der Waals surface area contributed by atoms with Gasteiger partial charge in [-0.1, -0.05) is 77.0 Å². The van der Waals surface area contributed by atoms with Gasteiger partial charge in [-0.3, -0.25) is 14.5 Å². The fraction of sp³-hybridized carbons (Fsp3) is 0.105. The van der Waals surface area contributed by atoms with Gasteiger partial charge in [0.2, 0.25) is 5.91 Å². The van der Waals surface area contributed by atoms with Crippen LogP contribution in [-0.2, 0) is 9.59 Å². The SMILES string of the molecule is O=C(CCN1C(=O)/C(=C\c2ccccc2Cl)SC1=S)Nc1ccc(Cl)c(Cl)c1. The van der Waals surface area contributed by atoms with Crippen molar-refractivity contribution in [1.82, 2.24) is 4.90 Å². The summed E-state index contributed by atoms with van der Waals surface area (Å²) in [6, 6.07) is 12.0. The number of amides is 2. The molecule has 1 fully saturated rings. The molecule has 2 amide bonds. The van der Waals surface area contributed by atoms with Gasteiger partial charge in [0.25, 0.3) is 5.91 Å². The third-order valence-corrected chi connectivity index (χ3v) is 6.29. The molecule has 28 heavy (non-hydrogen) atoms. The number of hydrogen-bond acceptors (Lipinski definition) is 4. The standard InChI is InChI=1S/C19H13Cl3N2O2S2/c20-13-4-2-1-3-11(13)9-16-18(26)24(19(27)28-16)8-7-17(25)23-12-5-6-14(21)15(22)10-12/h1-6,9-10H,7-8H2,(H,23,25)/b16-9+. The molecule has 1 aliphatic rings. The summed E-state index contributed by atoms with van der Waals surface area (Å²) >= 11 is 24.4. The lowest BCUT2D eigenvalue weighted by Gasteiger charge is -2.14. The van der Waals surface area contributed by atoms with Crippen LogP contribution in [0.15, 0.2) is 47.4 Å². The molecule has 0 spiro atoms. The van der Waals surface area contributed by atoms with Gasteiger partial charge in [0, 0.05) is 23.7 Å². The maximum absolute atomic E-state index is 12.6. The van der Waals surface area contributed by atoms with Crippen molar-refractivity contribution < 1.29 is 9.59 Å². The molecule has 2 aromatic carbocycles. The minimum Gasteiger partial charge on any atom is -0.326 e. The van der Waals surface area contributed by atoms with Crippen LogP contribution >= 0.6 is 58.8 Å². The minimum absolute atomic E-state index is 0.0893. The highest BCUT2D eigenvalue weighted by molar-refractivity contribution is 8.26. The second kappa shape index (κ2) is 9.29. The summed E-state index contributed by atoms with van der Waals surface area (Å²) in [6.45, 7) is 0.178. The molecule has 1 saturated heterocycles. The third-order valence-electron chi connectivity index (χ3n) is 3.83. The van der Waals surface area contributed by atoms with Crippen LogP contribution in [0.25, 0.3) is 6.08 Å². The zero-order valence-corrected chi connectivity index (χ0v) is 18.1. The number of carbonyl (C=O) groups is 2. The fourth-order valence-corrected chi connectivity index (χ4v) is 4.22. The first-order valence-electron chi connectivity index (χ1n) is 8.10. The zero-order chi connectivity index (χ0) is 20.3. The number of nitrogens with one attached hydrogen (secondary N) is 1. The van der Waals surface area contributed by atoms with E-state index in [2.05, 4.69) is 5.32 Å². The van der Waals surface area contributed by atoms with Crippen molar-refractivity contribution >= 4 is 86.7 Å². The number of benzene rings is 2. The number of carbonyl (C=O) groups excluding carboxylic acids is 2. The number of nitrogens with zero attached hydrogens (tertiary/aromatic N) is 1. The maximum atomic E-state index is 12.6. The highest BCUT2D eigenvalue weighted by Crippen LogP contribution is 2.33. The number of halogens is 3. The first-order chi connectivity index (χ1) is 13.3. The van der Waals surface area contributed by atoms with Gasteiger partial charge in [-0.15, -0.1) is 0 Å². The first-order valence-corrected chi connectivity index (χ1v) is 10.5. The van der Waals surface area contributed by atoms with E-state index in [0.29, 0.717) is 30.0 Å². The predicted molar refractivity (Wildman–Crippen MR) is 121 cm³/mol. The molecule has 0 bridgehead atoms. The van der Waals surface area contributed by atoms with Crippen LogP contribution in [0.1, 0.15) is 12.0 Å². The van der Waals surface area contributed by atoms with Crippen molar-refractivity contribution in [3.8, 4) is 0 Å². The lowest BCUT2D eigenvalue weighted by atomic mass is 10.2. The molecule has 4 nitrogen and oxygen atoms in total. The van der Waals surface area contributed by atoms with Gasteiger partial charge in [-0.05, 0) is 35.9 Å². The van der Waals surface area contributed by atoms with Crippen molar-refractivity contribution in [2.24, 2.45) is 0 Å². The lowest BCUT2D eigenvalue weighted by Crippen LogP contribution is -2.31. The van der Waals surface area contributed by atoms with Crippen LogP contribution in [0.5, 0.6) is 0 Å². The molecule has 144 valence electrons. The highest BCUT2D eigenvalue weighted by Gasteiger charge is 2.32. The lowest BCUT2D eigenvalue weighted by molar-refractivity contribution is -0.122. The molecule has 3 rings (SSSR count). The summed E-state index contributed by atoms with van der Waals surface area (Å²) in [6.07, 6.45) is 1.80. The molecule has 0 unspecified atom stereocenters. The van der Waals surface area contributed by atoms with Gasteiger partial charge in [0.05, 0.1) is 15.0 Å². The molecular weight excluding hydrogens is 459 g/mol. The Morgan fingerprint density at radius 1 is 1.11 bits per heavy atom. The Bertz CT molecular complexity index is 995. The largest absolute Gasteiger partial charge is 0.326 e. The van der Waals surface area contributed by atoms with E-state index in [-0.39, 0.29) is 24.8 Å². The normalized spacial score (nSPS) is 15.4. The quantitative estimate of drug-likeness (QED) is 0.437. The van der Waals surface area contributed by atoms with E-state index in [1.54, 1.807) is 30.3 Å². The number of thioether (sulfide) groups is 1. The van der Waals surface area contributed by atoms with Gasteiger partial charge in [0.15, 0.2) is 0 Å². The van der Waals surface area contributed by atoms with Gasteiger partial charge >= 0.3 is 0 Å². The molecule has 9 heteroatoms. The van der Waals surface area contributed by atoms with E-state index in [0.717, 1.165) is 5.56 Å². The topological polar surface area (TPSA) is 49.4 Å². The minimum atomic E-state index is -0.262. The van der Waals surface area contributed by atoms with Crippen molar-refractivity contribution in [3.05, 3.63) is 68.0 Å². The fourth-order valence-electron chi connectivity index (χ4n) is 2.44. The maximum Gasteiger partial charge on any atom is 0.266 e. The van der Waals surface area contributed by atoms with E-state index < -0.39 is 0 Å². The zero-order valence-electron chi connectivity index (χ0n) is 14.2. The molecule has 1 aliphatic heterocycles. The van der Waals surface area contributed by atoms with Gasteiger partial charge in [0.1, 0.15) is 4.32 Å². The predicted octanol–water partition coefficient (Wildman–Crippen LogP) is 5.88. The Kier molecular flexibility index (Phi) is 7.01. The first kappa shape index (κ1) is 21.1. The Morgan fingerprint density at radius 2 is 1.86 bits per heavy atom.